The summed E-state index contributed by atoms with van der Waals surface area (Å²) in [5.74, 6) is 0.568. The van der Waals surface area contributed by atoms with Gasteiger partial charge in [-0.05, 0) is 36.8 Å². The van der Waals surface area contributed by atoms with Gasteiger partial charge in [0.1, 0.15) is 11.3 Å². The Bertz CT molecular complexity index is 1250. The van der Waals surface area contributed by atoms with Gasteiger partial charge in [0.25, 0.3) is 5.91 Å². The van der Waals surface area contributed by atoms with Gasteiger partial charge in [0, 0.05) is 24.4 Å². The fourth-order valence-corrected chi connectivity index (χ4v) is 2.90. The van der Waals surface area contributed by atoms with Gasteiger partial charge in [-0.2, -0.15) is 0 Å². The van der Waals surface area contributed by atoms with Gasteiger partial charge >= 0.3 is 0 Å². The van der Waals surface area contributed by atoms with Crippen molar-refractivity contribution in [1.29, 1.82) is 0 Å². The number of nitrogens with one attached hydrogen (secondary N) is 1. The monoisotopic (exact) mass is 386 g/mol. The predicted octanol–water partition coefficient (Wildman–Crippen LogP) is 4.22. The first kappa shape index (κ1) is 18.4. The molecular formula is C23H18N2O4. The minimum Gasteiger partial charge on any atom is -0.451 e. The Morgan fingerprint density at radius 2 is 1.86 bits per heavy atom. The van der Waals surface area contributed by atoms with Crippen LogP contribution in [0.15, 0.2) is 82.1 Å². The van der Waals surface area contributed by atoms with Crippen LogP contribution in [0, 0.1) is 6.92 Å². The maximum atomic E-state index is 12.5. The third-order valence-electron chi connectivity index (χ3n) is 4.45. The van der Waals surface area contributed by atoms with Crippen molar-refractivity contribution in [2.45, 2.75) is 13.5 Å². The van der Waals surface area contributed by atoms with Crippen molar-refractivity contribution in [1.82, 2.24) is 10.3 Å². The number of carbonyl (C=O) groups is 1. The quantitative estimate of drug-likeness (QED) is 0.555. The van der Waals surface area contributed by atoms with Crippen LogP contribution in [0.2, 0.25) is 0 Å². The zero-order valence-corrected chi connectivity index (χ0v) is 15.7. The van der Waals surface area contributed by atoms with Gasteiger partial charge in [-0.15, -0.1) is 0 Å². The van der Waals surface area contributed by atoms with Crippen molar-refractivity contribution in [2.75, 3.05) is 0 Å². The number of carbonyl (C=O) groups excluding carboxylic acids is 1. The first-order valence-corrected chi connectivity index (χ1v) is 9.10. The molecule has 2 heterocycles. The number of rotatable bonds is 5. The van der Waals surface area contributed by atoms with E-state index in [1.54, 1.807) is 36.5 Å². The number of pyridine rings is 1. The highest BCUT2D eigenvalue weighted by atomic mass is 16.5. The van der Waals surface area contributed by atoms with Crippen molar-refractivity contribution < 1.29 is 13.9 Å². The summed E-state index contributed by atoms with van der Waals surface area (Å²) >= 11 is 0. The Labute approximate surface area is 166 Å². The Morgan fingerprint density at radius 1 is 1.07 bits per heavy atom. The molecule has 2 aromatic heterocycles. The number of aryl methyl sites for hydroxylation is 1. The lowest BCUT2D eigenvalue weighted by molar-refractivity contribution is 0.0923. The first-order chi connectivity index (χ1) is 14.1. The number of aromatic nitrogens is 1. The molecule has 1 N–H and O–H groups in total. The average Bonchev–Trinajstić information content (AvgIpc) is 2.74. The van der Waals surface area contributed by atoms with E-state index in [1.165, 1.54) is 6.07 Å². The molecule has 0 fully saturated rings. The second kappa shape index (κ2) is 7.98. The molecule has 2 aromatic carbocycles. The predicted molar refractivity (Wildman–Crippen MR) is 109 cm³/mol. The zero-order valence-electron chi connectivity index (χ0n) is 15.7. The highest BCUT2D eigenvalue weighted by molar-refractivity contribution is 5.93. The van der Waals surface area contributed by atoms with Crippen LogP contribution in [-0.4, -0.2) is 10.9 Å². The molecule has 0 radical (unpaired) electrons. The number of amides is 1. The van der Waals surface area contributed by atoms with Crippen LogP contribution in [0.4, 0.5) is 0 Å². The lowest BCUT2D eigenvalue weighted by Crippen LogP contribution is -2.24. The van der Waals surface area contributed by atoms with Gasteiger partial charge in [0.2, 0.25) is 5.88 Å². The largest absolute Gasteiger partial charge is 0.451 e. The first-order valence-electron chi connectivity index (χ1n) is 9.10. The highest BCUT2D eigenvalue weighted by Gasteiger charge is 2.14. The second-order valence-electron chi connectivity index (χ2n) is 6.49. The molecule has 0 atom stereocenters. The molecule has 0 aliphatic rings. The normalized spacial score (nSPS) is 10.7. The number of nitrogens with zero attached hydrogens (tertiary/aromatic N) is 1. The van der Waals surface area contributed by atoms with Crippen molar-refractivity contribution >= 4 is 16.9 Å². The van der Waals surface area contributed by atoms with E-state index in [0.717, 1.165) is 5.56 Å². The molecular weight excluding hydrogens is 368 g/mol. The maximum Gasteiger partial charge on any atom is 0.287 e. The van der Waals surface area contributed by atoms with Crippen molar-refractivity contribution in [3.05, 3.63) is 100 Å². The number of benzene rings is 2. The number of para-hydroxylation sites is 2. The minimum atomic E-state index is -0.487. The van der Waals surface area contributed by atoms with E-state index in [2.05, 4.69) is 10.3 Å². The van der Waals surface area contributed by atoms with E-state index < -0.39 is 5.91 Å². The summed E-state index contributed by atoms with van der Waals surface area (Å²) in [6.45, 7) is 2.12. The van der Waals surface area contributed by atoms with E-state index in [-0.39, 0.29) is 17.7 Å². The number of fused-ring (bicyclic) bond motifs is 1. The molecule has 144 valence electrons. The van der Waals surface area contributed by atoms with Crippen LogP contribution in [0.1, 0.15) is 21.7 Å². The van der Waals surface area contributed by atoms with Crippen LogP contribution in [0.5, 0.6) is 11.6 Å². The Morgan fingerprint density at radius 3 is 2.72 bits per heavy atom. The number of ether oxygens (including phenoxy) is 1. The summed E-state index contributed by atoms with van der Waals surface area (Å²) in [4.78, 5) is 29.0. The molecule has 29 heavy (non-hydrogen) atoms. The summed E-state index contributed by atoms with van der Waals surface area (Å²) in [5, 5.41) is 3.19. The van der Waals surface area contributed by atoms with Gasteiger partial charge in [-0.1, -0.05) is 36.4 Å². The summed E-state index contributed by atoms with van der Waals surface area (Å²) in [7, 11) is 0. The molecule has 0 unspecified atom stereocenters. The summed E-state index contributed by atoms with van der Waals surface area (Å²) in [6, 6.07) is 19.2. The average molecular weight is 386 g/mol. The molecule has 0 saturated heterocycles. The van der Waals surface area contributed by atoms with Crippen LogP contribution in [0.25, 0.3) is 11.0 Å². The second-order valence-corrected chi connectivity index (χ2v) is 6.49. The molecule has 0 aliphatic heterocycles. The van der Waals surface area contributed by atoms with Crippen LogP contribution in [-0.2, 0) is 6.54 Å². The standard InChI is InChI=1S/C23H18N2O4/c1-15-7-2-4-10-19(15)29-23-16(8-6-12-24-23)14-25-22(27)21-13-18(26)17-9-3-5-11-20(17)28-21/h2-13H,14H2,1H3,(H,25,27). The maximum absolute atomic E-state index is 12.5. The Hall–Kier alpha value is -3.93. The van der Waals surface area contributed by atoms with Gasteiger partial charge in [0.05, 0.1) is 5.39 Å². The third kappa shape index (κ3) is 4.01. The van der Waals surface area contributed by atoms with Crippen molar-refractivity contribution in [3.63, 3.8) is 0 Å². The fraction of sp³-hybridized carbons (Fsp3) is 0.0870. The van der Waals surface area contributed by atoms with E-state index in [1.807, 2.05) is 37.3 Å². The lowest BCUT2D eigenvalue weighted by atomic mass is 10.2. The van der Waals surface area contributed by atoms with E-state index in [0.29, 0.717) is 28.2 Å². The van der Waals surface area contributed by atoms with Crippen molar-refractivity contribution in [3.8, 4) is 11.6 Å². The molecule has 0 spiro atoms. The molecule has 0 bridgehead atoms. The van der Waals surface area contributed by atoms with Crippen molar-refractivity contribution in [2.24, 2.45) is 0 Å². The number of hydrogen-bond acceptors (Lipinski definition) is 5. The van der Waals surface area contributed by atoms with E-state index >= 15 is 0 Å². The van der Waals surface area contributed by atoms with Gasteiger partial charge in [-0.3, -0.25) is 9.59 Å². The third-order valence-corrected chi connectivity index (χ3v) is 4.45. The van der Waals surface area contributed by atoms with Gasteiger partial charge in [-0.25, -0.2) is 4.98 Å². The molecule has 4 aromatic rings. The zero-order chi connectivity index (χ0) is 20.2. The molecule has 0 aliphatic carbocycles. The topological polar surface area (TPSA) is 81.4 Å². The Balaban J connectivity index is 1.53. The van der Waals surface area contributed by atoms with E-state index in [9.17, 15) is 9.59 Å². The SMILES string of the molecule is Cc1ccccc1Oc1ncccc1CNC(=O)c1cc(=O)c2ccccc2o1. The van der Waals surface area contributed by atoms with Gasteiger partial charge < -0.3 is 14.5 Å². The van der Waals surface area contributed by atoms with Crippen LogP contribution < -0.4 is 15.5 Å². The molecule has 6 heteroatoms. The van der Waals surface area contributed by atoms with Gasteiger partial charge in [0.15, 0.2) is 11.2 Å². The smallest absolute Gasteiger partial charge is 0.287 e. The highest BCUT2D eigenvalue weighted by Crippen LogP contribution is 2.25. The molecule has 1 amide bonds. The fourth-order valence-electron chi connectivity index (χ4n) is 2.90. The molecule has 0 saturated carbocycles. The van der Waals surface area contributed by atoms with Crippen LogP contribution in [0.3, 0.4) is 0 Å². The molecule has 6 nitrogen and oxygen atoms in total. The summed E-state index contributed by atoms with van der Waals surface area (Å²) in [6.07, 6.45) is 1.63. The Kier molecular flexibility index (Phi) is 5.07. The molecule has 4 rings (SSSR count). The van der Waals surface area contributed by atoms with Crippen LogP contribution >= 0.6 is 0 Å². The lowest BCUT2D eigenvalue weighted by Gasteiger charge is -2.12. The number of hydrogen-bond donors (Lipinski definition) is 1. The minimum absolute atomic E-state index is 0.0426. The van der Waals surface area contributed by atoms with E-state index in [4.69, 9.17) is 9.15 Å². The summed E-state index contributed by atoms with van der Waals surface area (Å²) in [5.41, 5.74) is 1.79. The summed E-state index contributed by atoms with van der Waals surface area (Å²) < 4.78 is 11.5.